The number of aryl methyl sites for hydroxylation is 1. The summed E-state index contributed by atoms with van der Waals surface area (Å²) in [4.78, 5) is 28.2. The van der Waals surface area contributed by atoms with Crippen LogP contribution < -0.4 is 0 Å². The Balaban J connectivity index is 1.90. The fourth-order valence-electron chi connectivity index (χ4n) is 3.18. The lowest BCUT2D eigenvalue weighted by molar-refractivity contribution is -0.384. The Morgan fingerprint density at radius 3 is 2.32 bits per heavy atom. The first-order valence-electron chi connectivity index (χ1n) is 8.79. The van der Waals surface area contributed by atoms with Gasteiger partial charge in [0.15, 0.2) is 0 Å². The van der Waals surface area contributed by atoms with Crippen LogP contribution in [-0.2, 0) is 0 Å². The highest BCUT2D eigenvalue weighted by Crippen LogP contribution is 2.29. The van der Waals surface area contributed by atoms with Gasteiger partial charge in [-0.3, -0.25) is 14.9 Å². The minimum absolute atomic E-state index is 0.0539. The summed E-state index contributed by atoms with van der Waals surface area (Å²) in [6.07, 6.45) is 0. The number of carbonyl (C=O) groups excluding carboxylic acids is 1. The van der Waals surface area contributed by atoms with Gasteiger partial charge in [0.1, 0.15) is 5.69 Å². The van der Waals surface area contributed by atoms with Crippen LogP contribution >= 0.6 is 0 Å². The number of carbonyl (C=O) groups is 1. The molecule has 0 atom stereocenters. The maximum Gasteiger partial charge on any atom is 0.269 e. The molecule has 3 aromatic carbocycles. The van der Waals surface area contributed by atoms with Gasteiger partial charge < -0.3 is 0 Å². The summed E-state index contributed by atoms with van der Waals surface area (Å²) in [6.45, 7) is 2.01. The van der Waals surface area contributed by atoms with Gasteiger partial charge in [0.25, 0.3) is 5.69 Å². The van der Waals surface area contributed by atoms with Crippen molar-refractivity contribution in [2.75, 3.05) is 0 Å². The zero-order valence-electron chi connectivity index (χ0n) is 15.1. The molecule has 0 aliphatic carbocycles. The summed E-state index contributed by atoms with van der Waals surface area (Å²) >= 11 is 0. The van der Waals surface area contributed by atoms with Gasteiger partial charge in [0, 0.05) is 28.6 Å². The summed E-state index contributed by atoms with van der Waals surface area (Å²) in [5, 5.41) is 11.8. The molecule has 0 amide bonds. The number of ketones is 1. The Morgan fingerprint density at radius 1 is 0.929 bits per heavy atom. The number of pyridine rings is 1. The smallest absolute Gasteiger partial charge is 0.269 e. The van der Waals surface area contributed by atoms with E-state index in [4.69, 9.17) is 0 Å². The second-order valence-electron chi connectivity index (χ2n) is 6.58. The number of hydrogen-bond donors (Lipinski definition) is 0. The Kier molecular flexibility index (Phi) is 4.41. The number of nitrogens with zero attached hydrogens (tertiary/aromatic N) is 2. The van der Waals surface area contributed by atoms with Crippen molar-refractivity contribution in [1.29, 1.82) is 0 Å². The van der Waals surface area contributed by atoms with E-state index in [-0.39, 0.29) is 11.5 Å². The molecule has 0 saturated heterocycles. The summed E-state index contributed by atoms with van der Waals surface area (Å²) in [6, 6.07) is 23.1. The molecule has 0 spiro atoms. The van der Waals surface area contributed by atoms with E-state index in [0.29, 0.717) is 11.3 Å². The van der Waals surface area contributed by atoms with Gasteiger partial charge in [-0.25, -0.2) is 4.98 Å². The molecule has 0 bridgehead atoms. The van der Waals surface area contributed by atoms with E-state index in [0.717, 1.165) is 27.6 Å². The quantitative estimate of drug-likeness (QED) is 0.276. The second-order valence-corrected chi connectivity index (χ2v) is 6.58. The highest BCUT2D eigenvalue weighted by Gasteiger charge is 2.19. The molecule has 0 fully saturated rings. The molecule has 0 aliphatic rings. The second kappa shape index (κ2) is 7.04. The van der Waals surface area contributed by atoms with Crippen LogP contribution in [0.3, 0.4) is 0 Å². The Hall–Kier alpha value is -3.86. The lowest BCUT2D eigenvalue weighted by atomic mass is 9.96. The van der Waals surface area contributed by atoms with Crippen LogP contribution in [0, 0.1) is 17.0 Å². The lowest BCUT2D eigenvalue weighted by Crippen LogP contribution is -2.07. The molecule has 4 rings (SSSR count). The average molecular weight is 368 g/mol. The molecule has 5 nitrogen and oxygen atoms in total. The third kappa shape index (κ3) is 3.25. The van der Waals surface area contributed by atoms with Crippen LogP contribution in [0.5, 0.6) is 0 Å². The predicted molar refractivity (Wildman–Crippen MR) is 108 cm³/mol. The van der Waals surface area contributed by atoms with E-state index >= 15 is 0 Å². The van der Waals surface area contributed by atoms with Crippen molar-refractivity contribution in [3.63, 3.8) is 0 Å². The molecule has 4 aromatic rings. The highest BCUT2D eigenvalue weighted by atomic mass is 16.6. The van der Waals surface area contributed by atoms with Crippen LogP contribution in [0.2, 0.25) is 0 Å². The van der Waals surface area contributed by atoms with E-state index in [1.165, 1.54) is 24.3 Å². The van der Waals surface area contributed by atoms with E-state index in [1.807, 2.05) is 61.5 Å². The van der Waals surface area contributed by atoms with Gasteiger partial charge in [-0.15, -0.1) is 0 Å². The zero-order chi connectivity index (χ0) is 19.7. The summed E-state index contributed by atoms with van der Waals surface area (Å²) in [5.74, 6) is -0.267. The van der Waals surface area contributed by atoms with Gasteiger partial charge in [-0.1, -0.05) is 42.0 Å². The maximum atomic E-state index is 13.2. The zero-order valence-corrected chi connectivity index (χ0v) is 15.1. The number of aromatic nitrogens is 1. The standard InChI is InChI=1S/C23H16N2O3/c1-15-7-12-21-18(13-15)14-20(16-5-3-2-4-6-16)22(24-21)23(26)17-8-10-19(11-9-17)25(27)28/h2-14H,1H3. The number of hydrogen-bond acceptors (Lipinski definition) is 4. The molecular formula is C23H16N2O3. The first kappa shape index (κ1) is 17.5. The summed E-state index contributed by atoms with van der Waals surface area (Å²) in [5.41, 5.74) is 4.11. The lowest BCUT2D eigenvalue weighted by Gasteiger charge is -2.11. The van der Waals surface area contributed by atoms with Gasteiger partial charge in [0.2, 0.25) is 5.78 Å². The van der Waals surface area contributed by atoms with Gasteiger partial charge in [-0.05, 0) is 42.8 Å². The average Bonchev–Trinajstić information content (AvgIpc) is 2.73. The summed E-state index contributed by atoms with van der Waals surface area (Å²) < 4.78 is 0. The van der Waals surface area contributed by atoms with Crippen molar-refractivity contribution >= 4 is 22.4 Å². The van der Waals surface area contributed by atoms with Crippen LogP contribution in [0.4, 0.5) is 5.69 Å². The normalized spacial score (nSPS) is 10.8. The number of rotatable bonds is 4. The number of non-ortho nitro benzene ring substituents is 1. The first-order chi connectivity index (χ1) is 13.5. The number of nitro groups is 1. The third-order valence-corrected chi connectivity index (χ3v) is 4.61. The fourth-order valence-corrected chi connectivity index (χ4v) is 3.18. The summed E-state index contributed by atoms with van der Waals surface area (Å²) in [7, 11) is 0. The molecule has 0 N–H and O–H groups in total. The number of benzene rings is 3. The van der Waals surface area contributed by atoms with Crippen molar-refractivity contribution in [2.24, 2.45) is 0 Å². The van der Waals surface area contributed by atoms with Crippen LogP contribution in [0.1, 0.15) is 21.6 Å². The van der Waals surface area contributed by atoms with E-state index in [1.54, 1.807) is 0 Å². The van der Waals surface area contributed by atoms with E-state index < -0.39 is 4.92 Å². The Labute approximate surface area is 161 Å². The topological polar surface area (TPSA) is 73.1 Å². The van der Waals surface area contributed by atoms with Crippen molar-refractivity contribution in [3.8, 4) is 11.1 Å². The van der Waals surface area contributed by atoms with Gasteiger partial charge in [-0.2, -0.15) is 0 Å². The van der Waals surface area contributed by atoms with Crippen molar-refractivity contribution in [3.05, 3.63) is 106 Å². The highest BCUT2D eigenvalue weighted by molar-refractivity contribution is 6.13. The SMILES string of the molecule is Cc1ccc2nc(C(=O)c3ccc([N+](=O)[O-])cc3)c(-c3ccccc3)cc2c1. The molecule has 0 unspecified atom stereocenters. The first-order valence-corrected chi connectivity index (χ1v) is 8.79. The van der Waals surface area contributed by atoms with Gasteiger partial charge >= 0.3 is 0 Å². The fraction of sp³-hybridized carbons (Fsp3) is 0.0435. The Morgan fingerprint density at radius 2 is 1.64 bits per heavy atom. The molecule has 1 aromatic heterocycles. The molecule has 0 aliphatic heterocycles. The number of nitro benzene ring substituents is 1. The monoisotopic (exact) mass is 368 g/mol. The molecule has 0 radical (unpaired) electrons. The number of fused-ring (bicyclic) bond motifs is 1. The molecule has 28 heavy (non-hydrogen) atoms. The maximum absolute atomic E-state index is 13.2. The van der Waals surface area contributed by atoms with Crippen molar-refractivity contribution in [1.82, 2.24) is 4.98 Å². The van der Waals surface area contributed by atoms with E-state index in [2.05, 4.69) is 4.98 Å². The van der Waals surface area contributed by atoms with Crippen LogP contribution in [0.15, 0.2) is 78.9 Å². The minimum atomic E-state index is -0.486. The van der Waals surface area contributed by atoms with Crippen molar-refractivity contribution in [2.45, 2.75) is 6.92 Å². The molecule has 0 saturated carbocycles. The van der Waals surface area contributed by atoms with Gasteiger partial charge in [0.05, 0.1) is 10.4 Å². The largest absolute Gasteiger partial charge is 0.287 e. The van der Waals surface area contributed by atoms with Crippen molar-refractivity contribution < 1.29 is 9.72 Å². The third-order valence-electron chi connectivity index (χ3n) is 4.61. The molecule has 136 valence electrons. The van der Waals surface area contributed by atoms with Crippen LogP contribution in [-0.4, -0.2) is 15.7 Å². The van der Waals surface area contributed by atoms with E-state index in [9.17, 15) is 14.9 Å². The molecular weight excluding hydrogens is 352 g/mol. The van der Waals surface area contributed by atoms with Crippen LogP contribution in [0.25, 0.3) is 22.0 Å². The minimum Gasteiger partial charge on any atom is -0.287 e. The predicted octanol–water partition coefficient (Wildman–Crippen LogP) is 5.35. The Bertz CT molecular complexity index is 1200. The molecule has 5 heteroatoms. The molecule has 1 heterocycles.